The summed E-state index contributed by atoms with van der Waals surface area (Å²) in [4.78, 5) is 12.0. The summed E-state index contributed by atoms with van der Waals surface area (Å²) in [7, 11) is -3.18. The minimum atomic E-state index is -3.18. The van der Waals surface area contributed by atoms with Crippen LogP contribution >= 0.6 is 0 Å². The Balaban J connectivity index is 2.58. The van der Waals surface area contributed by atoms with Crippen molar-refractivity contribution in [2.24, 2.45) is 0 Å². The van der Waals surface area contributed by atoms with Gasteiger partial charge in [0.05, 0.1) is 10.8 Å². The van der Waals surface area contributed by atoms with E-state index in [0.717, 1.165) is 11.3 Å². The first-order valence-electron chi connectivity index (χ1n) is 6.83. The topological polar surface area (TPSA) is 75.3 Å². The molecule has 0 heterocycles. The van der Waals surface area contributed by atoms with E-state index < -0.39 is 20.6 Å². The molecular weight excluding hydrogens is 288 g/mol. The van der Waals surface area contributed by atoms with Crippen molar-refractivity contribution >= 4 is 21.4 Å². The van der Waals surface area contributed by atoms with Crippen LogP contribution in [0.3, 0.4) is 0 Å². The molecule has 0 aliphatic rings. The fraction of sp³-hybridized carbons (Fsp3) is 0.533. The molecule has 0 saturated carbocycles. The third kappa shape index (κ3) is 5.13. The van der Waals surface area contributed by atoms with E-state index in [0.29, 0.717) is 0 Å². The van der Waals surface area contributed by atoms with E-state index in [2.05, 4.69) is 10.6 Å². The van der Waals surface area contributed by atoms with Crippen LogP contribution in [0.2, 0.25) is 0 Å². The van der Waals surface area contributed by atoms with Gasteiger partial charge in [0.15, 0.2) is 9.84 Å². The Morgan fingerprint density at radius 3 is 2.24 bits per heavy atom. The Bertz CT molecular complexity index is 592. The lowest BCUT2D eigenvalue weighted by Gasteiger charge is -2.25. The lowest BCUT2D eigenvalue weighted by molar-refractivity contribution is -0.117. The van der Waals surface area contributed by atoms with Crippen molar-refractivity contribution in [3.05, 3.63) is 29.8 Å². The molecule has 6 heteroatoms. The van der Waals surface area contributed by atoms with E-state index in [1.54, 1.807) is 20.8 Å². The molecule has 0 aliphatic carbocycles. The second-order valence-corrected chi connectivity index (χ2v) is 8.64. The summed E-state index contributed by atoms with van der Waals surface area (Å²) < 4.78 is 22.3. The highest BCUT2D eigenvalue weighted by atomic mass is 32.2. The highest BCUT2D eigenvalue weighted by molar-refractivity contribution is 7.92. The van der Waals surface area contributed by atoms with Gasteiger partial charge in [0.2, 0.25) is 5.91 Å². The molecule has 0 aliphatic heterocycles. The van der Waals surface area contributed by atoms with Gasteiger partial charge in [-0.1, -0.05) is 17.7 Å². The Morgan fingerprint density at radius 2 is 1.76 bits per heavy atom. The van der Waals surface area contributed by atoms with Gasteiger partial charge in [0.1, 0.15) is 0 Å². The van der Waals surface area contributed by atoms with Crippen molar-refractivity contribution in [2.75, 3.05) is 18.1 Å². The number of nitrogens with one attached hydrogen (secondary N) is 2. The van der Waals surface area contributed by atoms with Crippen molar-refractivity contribution in [3.63, 3.8) is 0 Å². The number of hydrogen-bond donors (Lipinski definition) is 2. The smallest absolute Gasteiger partial charge is 0.241 e. The molecule has 1 rings (SSSR count). The van der Waals surface area contributed by atoms with E-state index in [4.69, 9.17) is 0 Å². The average molecular weight is 312 g/mol. The molecule has 0 fully saturated rings. The summed E-state index contributed by atoms with van der Waals surface area (Å²) >= 11 is 0. The Morgan fingerprint density at radius 1 is 1.24 bits per heavy atom. The summed E-state index contributed by atoms with van der Waals surface area (Å²) in [5.41, 5.74) is 1.84. The number of carbonyl (C=O) groups excluding carboxylic acids is 1. The number of amides is 1. The zero-order chi connectivity index (χ0) is 16.3. The first-order valence-corrected chi connectivity index (χ1v) is 8.72. The van der Waals surface area contributed by atoms with E-state index >= 15 is 0 Å². The Hall–Kier alpha value is -1.40. The first kappa shape index (κ1) is 17.7. The molecule has 118 valence electrons. The van der Waals surface area contributed by atoms with Gasteiger partial charge < -0.3 is 10.6 Å². The van der Waals surface area contributed by atoms with Gasteiger partial charge in [-0.25, -0.2) is 8.42 Å². The first-order chi connectivity index (χ1) is 9.53. The molecule has 1 aromatic rings. The van der Waals surface area contributed by atoms with Crippen LogP contribution < -0.4 is 10.6 Å². The fourth-order valence-corrected chi connectivity index (χ4v) is 1.86. The summed E-state index contributed by atoms with van der Waals surface area (Å²) in [5.74, 6) is -0.192. The third-order valence-corrected chi connectivity index (χ3v) is 5.70. The van der Waals surface area contributed by atoms with E-state index in [-0.39, 0.29) is 12.5 Å². The van der Waals surface area contributed by atoms with Crippen LogP contribution in [0, 0.1) is 6.92 Å². The van der Waals surface area contributed by atoms with Crippen LogP contribution in [0.5, 0.6) is 0 Å². The van der Waals surface area contributed by atoms with Gasteiger partial charge in [-0.3, -0.25) is 4.79 Å². The molecule has 0 saturated heterocycles. The largest absolute Gasteiger partial charge is 0.325 e. The lowest BCUT2D eigenvalue weighted by Crippen LogP contribution is -2.48. The lowest BCUT2D eigenvalue weighted by atomic mass is 10.2. The molecule has 0 bridgehead atoms. The van der Waals surface area contributed by atoms with Gasteiger partial charge in [-0.2, -0.15) is 0 Å². The maximum atomic E-state index is 12.0. The van der Waals surface area contributed by atoms with Crippen LogP contribution in [0.25, 0.3) is 0 Å². The van der Waals surface area contributed by atoms with Gasteiger partial charge in [-0.15, -0.1) is 0 Å². The molecule has 1 amide bonds. The number of benzene rings is 1. The maximum absolute atomic E-state index is 12.0. The molecule has 2 N–H and O–H groups in total. The number of carbonyl (C=O) groups is 1. The SMILES string of the molecule is Cc1ccc(NC(=O)C(C)NCC(C)(C)S(C)(=O)=O)cc1. The van der Waals surface area contributed by atoms with Crippen LogP contribution in [0.1, 0.15) is 26.3 Å². The van der Waals surface area contributed by atoms with Crippen LogP contribution in [-0.4, -0.2) is 37.9 Å². The van der Waals surface area contributed by atoms with Gasteiger partial charge >= 0.3 is 0 Å². The van der Waals surface area contributed by atoms with Crippen molar-refractivity contribution in [2.45, 2.75) is 38.5 Å². The fourth-order valence-electron chi connectivity index (χ4n) is 1.51. The predicted octanol–water partition coefficient (Wildman–Crippen LogP) is 1.73. The monoisotopic (exact) mass is 312 g/mol. The van der Waals surface area contributed by atoms with E-state index in [9.17, 15) is 13.2 Å². The molecule has 0 radical (unpaired) electrons. The predicted molar refractivity (Wildman–Crippen MR) is 86.2 cm³/mol. The quantitative estimate of drug-likeness (QED) is 0.839. The summed E-state index contributed by atoms with van der Waals surface area (Å²) in [5, 5.41) is 5.76. The third-order valence-electron chi connectivity index (χ3n) is 3.55. The van der Waals surface area contributed by atoms with Crippen molar-refractivity contribution in [1.29, 1.82) is 0 Å². The highest BCUT2D eigenvalue weighted by Crippen LogP contribution is 2.14. The van der Waals surface area contributed by atoms with E-state index in [1.807, 2.05) is 31.2 Å². The molecule has 1 atom stereocenters. The van der Waals surface area contributed by atoms with Crippen LogP contribution in [-0.2, 0) is 14.6 Å². The van der Waals surface area contributed by atoms with Crippen LogP contribution in [0.4, 0.5) is 5.69 Å². The van der Waals surface area contributed by atoms with Crippen LogP contribution in [0.15, 0.2) is 24.3 Å². The second kappa shape index (κ2) is 6.58. The average Bonchev–Trinajstić information content (AvgIpc) is 2.37. The van der Waals surface area contributed by atoms with Gasteiger partial charge in [-0.05, 0) is 39.8 Å². The summed E-state index contributed by atoms with van der Waals surface area (Å²) in [6.07, 6.45) is 1.20. The normalized spacial score (nSPS) is 13.8. The summed E-state index contributed by atoms with van der Waals surface area (Å²) in [6.45, 7) is 7.18. The zero-order valence-electron chi connectivity index (χ0n) is 13.2. The maximum Gasteiger partial charge on any atom is 0.241 e. The number of hydrogen-bond acceptors (Lipinski definition) is 4. The Kier molecular flexibility index (Phi) is 5.53. The molecular formula is C15H24N2O3S. The number of aryl methyl sites for hydroxylation is 1. The minimum absolute atomic E-state index is 0.192. The standard InChI is InChI=1S/C15H24N2O3S/c1-11-6-8-13(9-7-11)17-14(18)12(2)16-10-15(3,4)21(5,19)20/h6-9,12,16H,10H2,1-5H3,(H,17,18). The van der Waals surface area contributed by atoms with Crippen molar-refractivity contribution in [3.8, 4) is 0 Å². The van der Waals surface area contributed by atoms with Crippen molar-refractivity contribution in [1.82, 2.24) is 5.32 Å². The zero-order valence-corrected chi connectivity index (χ0v) is 14.0. The van der Waals surface area contributed by atoms with Gasteiger partial charge in [0, 0.05) is 18.5 Å². The van der Waals surface area contributed by atoms with E-state index in [1.165, 1.54) is 6.26 Å². The number of rotatable bonds is 6. The summed E-state index contributed by atoms with van der Waals surface area (Å²) in [6, 6.07) is 7.02. The molecule has 21 heavy (non-hydrogen) atoms. The highest BCUT2D eigenvalue weighted by Gasteiger charge is 2.30. The minimum Gasteiger partial charge on any atom is -0.325 e. The number of sulfone groups is 1. The van der Waals surface area contributed by atoms with Crippen molar-refractivity contribution < 1.29 is 13.2 Å². The second-order valence-electron chi connectivity index (χ2n) is 5.99. The molecule has 5 nitrogen and oxygen atoms in total. The molecule has 1 aromatic carbocycles. The number of anilines is 1. The molecule has 0 spiro atoms. The molecule has 0 aromatic heterocycles. The molecule has 1 unspecified atom stereocenters. The van der Waals surface area contributed by atoms with Gasteiger partial charge in [0.25, 0.3) is 0 Å². The Labute approximate surface area is 127 Å².